The van der Waals surface area contributed by atoms with Crippen molar-refractivity contribution in [1.82, 2.24) is 0 Å². The van der Waals surface area contributed by atoms with E-state index < -0.39 is 5.79 Å². The van der Waals surface area contributed by atoms with Crippen LogP contribution in [-0.2, 0) is 20.8 Å². The first-order chi connectivity index (χ1) is 10.5. The summed E-state index contributed by atoms with van der Waals surface area (Å²) in [6.45, 7) is 4.97. The van der Waals surface area contributed by atoms with Gasteiger partial charge in [-0.2, -0.15) is 0 Å². The Balaban J connectivity index is 1.64. The molecule has 0 unspecified atom stereocenters. The molecule has 0 saturated carbocycles. The highest BCUT2D eigenvalue weighted by Gasteiger charge is 2.40. The second-order valence-corrected chi connectivity index (χ2v) is 5.94. The van der Waals surface area contributed by atoms with E-state index in [0.717, 1.165) is 24.2 Å². The molecule has 5 nitrogen and oxygen atoms in total. The van der Waals surface area contributed by atoms with Gasteiger partial charge in [0.15, 0.2) is 5.79 Å². The molecule has 2 atom stereocenters. The van der Waals surface area contributed by atoms with Crippen LogP contribution in [0.3, 0.4) is 0 Å². The first-order valence-corrected chi connectivity index (χ1v) is 7.71. The van der Waals surface area contributed by atoms with E-state index in [-0.39, 0.29) is 18.8 Å². The fraction of sp³-hybridized carbons (Fsp3) is 0.647. The molecule has 5 heteroatoms. The molecule has 1 N–H and O–H groups in total. The topological polar surface area (TPSA) is 57.2 Å². The maximum Gasteiger partial charge on any atom is 0.163 e. The van der Waals surface area contributed by atoms with Gasteiger partial charge in [0.25, 0.3) is 0 Å². The molecule has 124 valence electrons. The molecule has 2 rings (SSSR count). The fourth-order valence-corrected chi connectivity index (χ4v) is 2.61. The predicted molar refractivity (Wildman–Crippen MR) is 82.8 cm³/mol. The van der Waals surface area contributed by atoms with Crippen molar-refractivity contribution in [3.05, 3.63) is 29.8 Å². The van der Waals surface area contributed by atoms with E-state index in [9.17, 15) is 5.11 Å². The number of aliphatic hydroxyl groups excluding tert-OH is 1. The van der Waals surface area contributed by atoms with Crippen molar-refractivity contribution in [3.8, 4) is 5.75 Å². The summed E-state index contributed by atoms with van der Waals surface area (Å²) in [4.78, 5) is 0. The van der Waals surface area contributed by atoms with Crippen LogP contribution in [0.1, 0.15) is 32.3 Å². The summed E-state index contributed by atoms with van der Waals surface area (Å²) in [5, 5.41) is 9.32. The van der Waals surface area contributed by atoms with Crippen molar-refractivity contribution in [1.29, 1.82) is 0 Å². The van der Waals surface area contributed by atoms with Crippen LogP contribution in [0.4, 0.5) is 0 Å². The summed E-state index contributed by atoms with van der Waals surface area (Å²) >= 11 is 0. The van der Waals surface area contributed by atoms with Gasteiger partial charge in [0.05, 0.1) is 26.4 Å². The maximum atomic E-state index is 9.32. The lowest BCUT2D eigenvalue weighted by Gasteiger charge is -2.16. The van der Waals surface area contributed by atoms with E-state index >= 15 is 0 Å². The van der Waals surface area contributed by atoms with Crippen molar-refractivity contribution < 1.29 is 24.1 Å². The van der Waals surface area contributed by atoms with Gasteiger partial charge >= 0.3 is 0 Å². The molecule has 1 heterocycles. The Bertz CT molecular complexity index is 443. The van der Waals surface area contributed by atoms with Crippen LogP contribution in [0.2, 0.25) is 0 Å². The second-order valence-electron chi connectivity index (χ2n) is 5.94. The van der Waals surface area contributed by atoms with Gasteiger partial charge in [-0.3, -0.25) is 0 Å². The maximum absolute atomic E-state index is 9.32. The average molecular weight is 310 g/mol. The van der Waals surface area contributed by atoms with Crippen LogP contribution in [-0.4, -0.2) is 43.4 Å². The molecule has 1 aliphatic heterocycles. The first-order valence-electron chi connectivity index (χ1n) is 7.71. The number of rotatable bonds is 8. The highest BCUT2D eigenvalue weighted by atomic mass is 16.8. The Morgan fingerprint density at radius 3 is 2.45 bits per heavy atom. The molecule has 1 fully saturated rings. The van der Waals surface area contributed by atoms with Crippen molar-refractivity contribution in [3.63, 3.8) is 0 Å². The fourth-order valence-electron chi connectivity index (χ4n) is 2.61. The largest absolute Gasteiger partial charge is 0.497 e. The molecule has 1 saturated heterocycles. The number of methoxy groups -OCH3 is 1. The second kappa shape index (κ2) is 7.92. The summed E-state index contributed by atoms with van der Waals surface area (Å²) in [6, 6.07) is 7.85. The number of benzene rings is 1. The number of hydrogen-bond acceptors (Lipinski definition) is 5. The van der Waals surface area contributed by atoms with Gasteiger partial charge in [-0.25, -0.2) is 0 Å². The molecular weight excluding hydrogens is 284 g/mol. The lowest BCUT2D eigenvalue weighted by molar-refractivity contribution is -0.149. The van der Waals surface area contributed by atoms with Gasteiger partial charge in [-0.15, -0.1) is 0 Å². The van der Waals surface area contributed by atoms with Gasteiger partial charge in [0.1, 0.15) is 11.9 Å². The highest BCUT2D eigenvalue weighted by molar-refractivity contribution is 5.26. The summed E-state index contributed by atoms with van der Waals surface area (Å²) in [6.07, 6.45) is 1.38. The molecule has 1 aliphatic rings. The molecule has 0 aromatic heterocycles. The van der Waals surface area contributed by atoms with Crippen LogP contribution >= 0.6 is 0 Å². The highest BCUT2D eigenvalue weighted by Crippen LogP contribution is 2.30. The lowest BCUT2D eigenvalue weighted by atomic mass is 10.1. The molecular formula is C17H26O5. The van der Waals surface area contributed by atoms with Crippen LogP contribution in [0, 0.1) is 0 Å². The monoisotopic (exact) mass is 310 g/mol. The summed E-state index contributed by atoms with van der Waals surface area (Å²) in [5.41, 5.74) is 1.12. The molecule has 0 radical (unpaired) electrons. The van der Waals surface area contributed by atoms with E-state index in [2.05, 4.69) is 0 Å². The van der Waals surface area contributed by atoms with Gasteiger partial charge in [0, 0.05) is 6.61 Å². The first kappa shape index (κ1) is 17.2. The average Bonchev–Trinajstić information content (AvgIpc) is 2.81. The minimum Gasteiger partial charge on any atom is -0.497 e. The van der Waals surface area contributed by atoms with Crippen LogP contribution in [0.15, 0.2) is 24.3 Å². The Kier molecular flexibility index (Phi) is 6.20. The van der Waals surface area contributed by atoms with Gasteiger partial charge in [-0.1, -0.05) is 12.1 Å². The van der Waals surface area contributed by atoms with Crippen LogP contribution in [0.25, 0.3) is 0 Å². The zero-order valence-corrected chi connectivity index (χ0v) is 13.6. The number of ether oxygens (including phenoxy) is 4. The van der Waals surface area contributed by atoms with E-state index in [4.69, 9.17) is 18.9 Å². The zero-order chi connectivity index (χ0) is 16.0. The molecule has 0 aliphatic carbocycles. The van der Waals surface area contributed by atoms with E-state index in [1.54, 1.807) is 7.11 Å². The Hall–Kier alpha value is -1.14. The molecule has 0 amide bonds. The summed E-state index contributed by atoms with van der Waals surface area (Å²) < 4.78 is 22.2. The van der Waals surface area contributed by atoms with Gasteiger partial charge in [0.2, 0.25) is 0 Å². The molecule has 0 bridgehead atoms. The Morgan fingerprint density at radius 1 is 1.14 bits per heavy atom. The van der Waals surface area contributed by atoms with E-state index in [1.165, 1.54) is 0 Å². The van der Waals surface area contributed by atoms with Gasteiger partial charge in [-0.05, 0) is 44.4 Å². The third-order valence-corrected chi connectivity index (χ3v) is 3.67. The molecule has 22 heavy (non-hydrogen) atoms. The van der Waals surface area contributed by atoms with Crippen LogP contribution < -0.4 is 4.74 Å². The third kappa shape index (κ3) is 4.95. The SMILES string of the molecule is COc1ccc(COCCC[C@H]2OC(C)(C)O[C@@H]2CO)cc1. The standard InChI is InChI=1S/C17H26O5/c1-17(2)21-15(16(11-18)22-17)5-4-10-20-12-13-6-8-14(19-3)9-7-13/h6-9,15-16,18H,4-5,10-12H2,1-3H3/t15-,16-/m1/s1. The smallest absolute Gasteiger partial charge is 0.163 e. The Morgan fingerprint density at radius 2 is 1.82 bits per heavy atom. The van der Waals surface area contributed by atoms with Crippen molar-refractivity contribution in [2.45, 2.75) is 51.3 Å². The van der Waals surface area contributed by atoms with Gasteiger partial charge < -0.3 is 24.1 Å². The normalized spacial score (nSPS) is 23.6. The zero-order valence-electron chi connectivity index (χ0n) is 13.6. The Labute approximate surface area is 132 Å². The van der Waals surface area contributed by atoms with Crippen molar-refractivity contribution in [2.75, 3.05) is 20.3 Å². The van der Waals surface area contributed by atoms with Crippen molar-refractivity contribution >= 4 is 0 Å². The minimum atomic E-state index is -0.609. The molecule has 1 aromatic rings. The number of hydrogen-bond donors (Lipinski definition) is 1. The minimum absolute atomic E-state index is 0.0131. The lowest BCUT2D eigenvalue weighted by Crippen LogP contribution is -2.26. The predicted octanol–water partition coefficient (Wildman–Crippen LogP) is 2.50. The molecule has 0 spiro atoms. The summed E-state index contributed by atoms with van der Waals surface area (Å²) in [7, 11) is 1.65. The molecule has 1 aromatic carbocycles. The van der Waals surface area contributed by atoms with E-state index in [1.807, 2.05) is 38.1 Å². The summed E-state index contributed by atoms with van der Waals surface area (Å²) in [5.74, 6) is 0.238. The van der Waals surface area contributed by atoms with Crippen LogP contribution in [0.5, 0.6) is 5.75 Å². The third-order valence-electron chi connectivity index (χ3n) is 3.67. The van der Waals surface area contributed by atoms with Crippen molar-refractivity contribution in [2.24, 2.45) is 0 Å². The van der Waals surface area contributed by atoms with E-state index in [0.29, 0.717) is 13.2 Å². The quantitative estimate of drug-likeness (QED) is 0.748. The number of aliphatic hydroxyl groups is 1.